The maximum atomic E-state index is 9.16. The number of hydrogen-bond acceptors (Lipinski definition) is 6. The number of benzene rings is 1. The van der Waals surface area contributed by atoms with E-state index in [1.54, 1.807) is 11.3 Å². The van der Waals surface area contributed by atoms with Crippen molar-refractivity contribution in [1.82, 2.24) is 10.2 Å². The van der Waals surface area contributed by atoms with E-state index in [4.69, 9.17) is 9.68 Å². The summed E-state index contributed by atoms with van der Waals surface area (Å²) < 4.78 is 5.84. The highest BCUT2D eigenvalue weighted by Gasteiger charge is 2.21. The molecule has 0 spiro atoms. The summed E-state index contributed by atoms with van der Waals surface area (Å²) in [6, 6.07) is 12.0. The molecule has 1 aliphatic carbocycles. The molecule has 0 amide bonds. The Hall–Kier alpha value is -2.10. The molecule has 4 nitrogen and oxygen atoms in total. The van der Waals surface area contributed by atoms with Crippen molar-refractivity contribution in [2.75, 3.05) is 0 Å². The molecule has 1 aromatic carbocycles. The van der Waals surface area contributed by atoms with E-state index >= 15 is 0 Å². The van der Waals surface area contributed by atoms with Crippen molar-refractivity contribution in [3.8, 4) is 16.8 Å². The first-order valence-electron chi connectivity index (χ1n) is 8.29. The van der Waals surface area contributed by atoms with Gasteiger partial charge in [0.2, 0.25) is 0 Å². The summed E-state index contributed by atoms with van der Waals surface area (Å²) in [6.07, 6.45) is 3.56. The smallest absolute Gasteiger partial charge is 0.277 e. The van der Waals surface area contributed by atoms with E-state index in [1.807, 2.05) is 24.3 Å². The highest BCUT2D eigenvalue weighted by molar-refractivity contribution is 7.98. The molecule has 0 saturated carbocycles. The molecule has 25 heavy (non-hydrogen) atoms. The van der Waals surface area contributed by atoms with E-state index in [-0.39, 0.29) is 0 Å². The third-order valence-corrected chi connectivity index (χ3v) is 6.53. The van der Waals surface area contributed by atoms with Crippen LogP contribution in [-0.2, 0) is 18.6 Å². The Bertz CT molecular complexity index is 938. The largest absolute Gasteiger partial charge is 0.410 e. The molecule has 0 N–H and O–H groups in total. The van der Waals surface area contributed by atoms with Crippen LogP contribution in [0.15, 0.2) is 40.0 Å². The molecule has 2 aromatic heterocycles. The molecule has 0 radical (unpaired) electrons. The van der Waals surface area contributed by atoms with Crippen LogP contribution in [0.5, 0.6) is 0 Å². The van der Waals surface area contributed by atoms with Gasteiger partial charge in [-0.3, -0.25) is 0 Å². The Morgan fingerprint density at radius 3 is 3.12 bits per heavy atom. The van der Waals surface area contributed by atoms with Crippen LogP contribution in [0, 0.1) is 17.2 Å². The lowest BCUT2D eigenvalue weighted by atomic mass is 9.90. The molecule has 6 heteroatoms. The minimum Gasteiger partial charge on any atom is -0.410 e. The Morgan fingerprint density at radius 2 is 2.24 bits per heavy atom. The van der Waals surface area contributed by atoms with E-state index in [2.05, 4.69) is 29.3 Å². The Morgan fingerprint density at radius 1 is 1.36 bits per heavy atom. The van der Waals surface area contributed by atoms with Crippen LogP contribution in [-0.4, -0.2) is 10.2 Å². The van der Waals surface area contributed by atoms with E-state index in [0.29, 0.717) is 22.4 Å². The number of aromatic nitrogens is 2. The van der Waals surface area contributed by atoms with Gasteiger partial charge in [0.15, 0.2) is 0 Å². The van der Waals surface area contributed by atoms with Gasteiger partial charge in [-0.05, 0) is 48.4 Å². The van der Waals surface area contributed by atoms with Crippen molar-refractivity contribution in [3.05, 3.63) is 51.9 Å². The predicted molar refractivity (Wildman–Crippen MR) is 99.5 cm³/mol. The van der Waals surface area contributed by atoms with Crippen molar-refractivity contribution < 1.29 is 4.42 Å². The first-order chi connectivity index (χ1) is 12.2. The zero-order valence-electron chi connectivity index (χ0n) is 13.9. The number of thioether (sulfide) groups is 1. The van der Waals surface area contributed by atoms with Crippen molar-refractivity contribution in [1.29, 1.82) is 5.26 Å². The summed E-state index contributed by atoms with van der Waals surface area (Å²) in [7, 11) is 0. The molecule has 3 aromatic rings. The summed E-state index contributed by atoms with van der Waals surface area (Å²) >= 11 is 3.24. The molecule has 0 saturated heterocycles. The molecule has 2 heterocycles. The molecule has 0 unspecified atom stereocenters. The number of rotatable bonds is 4. The molecule has 1 atom stereocenters. The summed E-state index contributed by atoms with van der Waals surface area (Å²) in [5, 5.41) is 18.1. The molecular formula is C19H17N3OS2. The third-order valence-electron chi connectivity index (χ3n) is 4.44. The van der Waals surface area contributed by atoms with Crippen LogP contribution in [0.3, 0.4) is 0 Å². The number of hydrogen-bond donors (Lipinski definition) is 0. The third kappa shape index (κ3) is 3.48. The molecular weight excluding hydrogens is 350 g/mol. The van der Waals surface area contributed by atoms with Crippen molar-refractivity contribution in [2.24, 2.45) is 5.92 Å². The molecule has 0 aliphatic heterocycles. The lowest BCUT2D eigenvalue weighted by Gasteiger charge is -2.16. The number of nitriles is 1. The Balaban J connectivity index is 1.48. The number of nitrogens with zero attached hydrogens (tertiary/aromatic N) is 3. The van der Waals surface area contributed by atoms with Crippen LogP contribution in [0.25, 0.3) is 10.8 Å². The lowest BCUT2D eigenvalue weighted by Crippen LogP contribution is -2.07. The fraction of sp³-hybridized carbons (Fsp3) is 0.316. The van der Waals surface area contributed by atoms with Gasteiger partial charge in [-0.15, -0.1) is 21.5 Å². The fourth-order valence-electron chi connectivity index (χ4n) is 3.07. The highest BCUT2D eigenvalue weighted by Crippen LogP contribution is 2.37. The van der Waals surface area contributed by atoms with Gasteiger partial charge in [0.1, 0.15) is 0 Å². The summed E-state index contributed by atoms with van der Waals surface area (Å²) in [5.74, 6) is 2.00. The van der Waals surface area contributed by atoms with E-state index < -0.39 is 0 Å². The van der Waals surface area contributed by atoms with Gasteiger partial charge in [-0.1, -0.05) is 36.9 Å². The summed E-state index contributed by atoms with van der Waals surface area (Å²) in [5.41, 5.74) is 3.11. The SMILES string of the molecule is C[C@H]1CCc2sc(-c3nnc(SCc4ccccc4C#N)o3)cc2C1. The molecule has 4 rings (SSSR count). The Labute approximate surface area is 154 Å². The van der Waals surface area contributed by atoms with Gasteiger partial charge in [0, 0.05) is 10.6 Å². The van der Waals surface area contributed by atoms with Crippen LogP contribution in [0.2, 0.25) is 0 Å². The monoisotopic (exact) mass is 367 g/mol. The lowest BCUT2D eigenvalue weighted by molar-refractivity contribution is 0.466. The number of thiophene rings is 1. The summed E-state index contributed by atoms with van der Waals surface area (Å²) in [6.45, 7) is 2.31. The highest BCUT2D eigenvalue weighted by atomic mass is 32.2. The van der Waals surface area contributed by atoms with Gasteiger partial charge >= 0.3 is 0 Å². The van der Waals surface area contributed by atoms with E-state index in [9.17, 15) is 0 Å². The van der Waals surface area contributed by atoms with Gasteiger partial charge < -0.3 is 4.42 Å². The van der Waals surface area contributed by atoms with Crippen molar-refractivity contribution in [2.45, 2.75) is 37.2 Å². The van der Waals surface area contributed by atoms with Crippen LogP contribution < -0.4 is 0 Å². The average molecular weight is 367 g/mol. The number of aryl methyl sites for hydroxylation is 1. The number of fused-ring (bicyclic) bond motifs is 1. The molecule has 0 bridgehead atoms. The standard InChI is InChI=1S/C19H17N3OS2/c1-12-6-7-16-15(8-12)9-17(25-16)18-21-22-19(23-18)24-11-14-5-3-2-4-13(14)10-20/h2-5,9,12H,6-8,11H2,1H3/t12-/m0/s1. The topological polar surface area (TPSA) is 62.7 Å². The van der Waals surface area contributed by atoms with Gasteiger partial charge in [0.25, 0.3) is 11.1 Å². The Kier molecular flexibility index (Phi) is 4.60. The zero-order chi connectivity index (χ0) is 17.2. The van der Waals surface area contributed by atoms with Gasteiger partial charge in [0.05, 0.1) is 16.5 Å². The first-order valence-corrected chi connectivity index (χ1v) is 10.1. The molecule has 1 aliphatic rings. The maximum absolute atomic E-state index is 9.16. The van der Waals surface area contributed by atoms with Crippen molar-refractivity contribution >= 4 is 23.1 Å². The molecule has 0 fully saturated rings. The second-order valence-corrected chi connectivity index (χ2v) is 8.40. The fourth-order valence-corrected chi connectivity index (χ4v) is 4.97. The molecule has 126 valence electrons. The van der Waals surface area contributed by atoms with E-state index in [1.165, 1.54) is 28.6 Å². The van der Waals surface area contributed by atoms with Crippen LogP contribution in [0.1, 0.15) is 34.9 Å². The van der Waals surface area contributed by atoms with Crippen molar-refractivity contribution in [3.63, 3.8) is 0 Å². The predicted octanol–water partition coefficient (Wildman–Crippen LogP) is 5.09. The van der Waals surface area contributed by atoms with Gasteiger partial charge in [-0.25, -0.2) is 0 Å². The second kappa shape index (κ2) is 7.03. The van der Waals surface area contributed by atoms with Crippen LogP contribution >= 0.6 is 23.1 Å². The quantitative estimate of drug-likeness (QED) is 0.601. The second-order valence-electron chi connectivity index (χ2n) is 6.34. The maximum Gasteiger partial charge on any atom is 0.277 e. The van der Waals surface area contributed by atoms with Crippen LogP contribution in [0.4, 0.5) is 0 Å². The minimum atomic E-state index is 0.544. The average Bonchev–Trinajstić information content (AvgIpc) is 3.26. The minimum absolute atomic E-state index is 0.544. The normalized spacial score (nSPS) is 16.4. The zero-order valence-corrected chi connectivity index (χ0v) is 15.5. The summed E-state index contributed by atoms with van der Waals surface area (Å²) in [4.78, 5) is 2.53. The van der Waals surface area contributed by atoms with Gasteiger partial charge in [-0.2, -0.15) is 5.26 Å². The first kappa shape index (κ1) is 16.4. The van der Waals surface area contributed by atoms with E-state index in [0.717, 1.165) is 29.2 Å².